The van der Waals surface area contributed by atoms with Crippen LogP contribution in [0.5, 0.6) is 0 Å². The first-order chi connectivity index (χ1) is 5.46. The lowest BCUT2D eigenvalue weighted by molar-refractivity contribution is -0.307. The highest BCUT2D eigenvalue weighted by atomic mass is 16.1. The summed E-state index contributed by atoms with van der Waals surface area (Å²) in [5.74, 6) is 1.17. The lowest BCUT2D eigenvalue weighted by Gasteiger charge is -2.54. The van der Waals surface area contributed by atoms with Gasteiger partial charge in [0.05, 0.1) is 0 Å². The molecule has 3 rings (SSSR count). The summed E-state index contributed by atoms with van der Waals surface area (Å²) in [7, 11) is 0. The standard InChI is InChI=1S/C10H15NO.CH4/c1-5-6-4-7(10(6,2)3)9(12)8(5)11;/h6-7H,4,11H2,1-3H3;1H4/p+1/t6-,7?;/m0./s1. The summed E-state index contributed by atoms with van der Waals surface area (Å²) in [5.41, 5.74) is 6.06. The van der Waals surface area contributed by atoms with Crippen molar-refractivity contribution in [3.8, 4) is 0 Å². The van der Waals surface area contributed by atoms with E-state index in [0.29, 0.717) is 11.7 Å². The number of rotatable bonds is 0. The van der Waals surface area contributed by atoms with Crippen molar-refractivity contribution in [1.29, 1.82) is 0 Å². The van der Waals surface area contributed by atoms with E-state index in [2.05, 4.69) is 26.5 Å². The van der Waals surface area contributed by atoms with Gasteiger partial charge < -0.3 is 5.73 Å². The third-order valence-electron chi connectivity index (χ3n) is 3.88. The minimum absolute atomic E-state index is 0. The smallest absolute Gasteiger partial charge is 0.219 e. The average molecular weight is 182 g/mol. The van der Waals surface area contributed by atoms with Gasteiger partial charge in [0.25, 0.3) is 0 Å². The lowest BCUT2D eigenvalue weighted by atomic mass is 9.48. The Morgan fingerprint density at radius 1 is 1.38 bits per heavy atom. The van der Waals surface area contributed by atoms with E-state index in [4.69, 9.17) is 0 Å². The summed E-state index contributed by atoms with van der Waals surface area (Å²) in [6.07, 6.45) is 1.07. The minimum Gasteiger partial charge on any atom is -0.322 e. The highest BCUT2D eigenvalue weighted by Gasteiger charge is 2.57. The first-order valence-corrected chi connectivity index (χ1v) is 4.53. The molecule has 0 heterocycles. The van der Waals surface area contributed by atoms with Crippen LogP contribution >= 0.6 is 0 Å². The molecule has 0 aromatic heterocycles. The first kappa shape index (κ1) is 10.5. The van der Waals surface area contributed by atoms with Crippen LogP contribution in [0.1, 0.15) is 34.6 Å². The van der Waals surface area contributed by atoms with Gasteiger partial charge in [0, 0.05) is 5.92 Å². The Morgan fingerprint density at radius 2 is 1.92 bits per heavy atom. The third-order valence-corrected chi connectivity index (χ3v) is 3.88. The van der Waals surface area contributed by atoms with Crippen molar-refractivity contribution in [2.75, 3.05) is 0 Å². The van der Waals surface area contributed by atoms with Crippen LogP contribution < -0.4 is 5.73 Å². The molecule has 0 aliphatic heterocycles. The number of fused-ring (bicyclic) bond motifs is 1. The van der Waals surface area contributed by atoms with Gasteiger partial charge in [-0.3, -0.25) is 4.79 Å². The van der Waals surface area contributed by atoms with Crippen molar-refractivity contribution in [3.05, 3.63) is 11.3 Å². The second-order valence-electron chi connectivity index (χ2n) is 4.69. The summed E-state index contributed by atoms with van der Waals surface area (Å²) in [4.78, 5) is 11.7. The molecule has 74 valence electrons. The zero-order valence-corrected chi connectivity index (χ0v) is 7.98. The molecule has 0 aromatic rings. The molecule has 0 amide bonds. The number of ketones is 1. The van der Waals surface area contributed by atoms with Gasteiger partial charge in [0.2, 0.25) is 5.78 Å². The molecule has 0 aromatic carbocycles. The second kappa shape index (κ2) is 2.68. The lowest BCUT2D eigenvalue weighted by Crippen LogP contribution is -2.63. The Balaban J connectivity index is 0.000000845. The van der Waals surface area contributed by atoms with Crippen molar-refractivity contribution in [2.45, 2.75) is 34.6 Å². The van der Waals surface area contributed by atoms with E-state index in [1.165, 1.54) is 5.57 Å². The molecule has 2 atom stereocenters. The average Bonchev–Trinajstić information content (AvgIpc) is 1.98. The summed E-state index contributed by atoms with van der Waals surface area (Å²) >= 11 is 0. The van der Waals surface area contributed by atoms with Gasteiger partial charge in [-0.1, -0.05) is 21.3 Å². The van der Waals surface area contributed by atoms with E-state index in [1.54, 1.807) is 0 Å². The highest BCUT2D eigenvalue weighted by Crippen LogP contribution is 2.58. The van der Waals surface area contributed by atoms with Gasteiger partial charge >= 0.3 is 0 Å². The molecule has 0 spiro atoms. The fourth-order valence-electron chi connectivity index (χ4n) is 2.72. The first-order valence-electron chi connectivity index (χ1n) is 4.53. The Kier molecular flexibility index (Phi) is 2.15. The van der Waals surface area contributed by atoms with Gasteiger partial charge in [-0.25, -0.2) is 0 Å². The van der Waals surface area contributed by atoms with E-state index in [0.717, 1.165) is 12.1 Å². The molecule has 3 aliphatic rings. The SMILES string of the molecule is C.CC1=C([NH3+])C(=O)C2C[C@@H]1C2(C)C. The maximum atomic E-state index is 11.7. The predicted molar refractivity (Wildman–Crippen MR) is 52.7 cm³/mol. The van der Waals surface area contributed by atoms with E-state index in [9.17, 15) is 4.79 Å². The zero-order chi connectivity index (χ0) is 9.09. The van der Waals surface area contributed by atoms with Crippen LogP contribution in [0.3, 0.4) is 0 Å². The van der Waals surface area contributed by atoms with Crippen LogP contribution in [0.4, 0.5) is 0 Å². The fraction of sp³-hybridized carbons (Fsp3) is 0.727. The number of quaternary nitrogens is 1. The van der Waals surface area contributed by atoms with Gasteiger partial charge in [0.15, 0.2) is 5.70 Å². The second-order valence-corrected chi connectivity index (χ2v) is 4.69. The molecule has 1 saturated carbocycles. The Hall–Kier alpha value is -0.630. The number of Topliss-reactive ketones (excluding diaryl/α,β-unsaturated/α-hetero) is 1. The maximum Gasteiger partial charge on any atom is 0.219 e. The van der Waals surface area contributed by atoms with E-state index < -0.39 is 0 Å². The van der Waals surface area contributed by atoms with Crippen LogP contribution in [0.25, 0.3) is 0 Å². The normalized spacial score (nSPS) is 35.2. The molecule has 2 nitrogen and oxygen atoms in total. The molecule has 3 N–H and O–H groups in total. The summed E-state index contributed by atoms with van der Waals surface area (Å²) in [6.45, 7) is 6.45. The summed E-state index contributed by atoms with van der Waals surface area (Å²) in [5, 5.41) is 0. The third kappa shape index (κ3) is 1.01. The Morgan fingerprint density at radius 3 is 2.31 bits per heavy atom. The Labute approximate surface area is 80.2 Å². The van der Waals surface area contributed by atoms with Crippen LogP contribution in [0.15, 0.2) is 11.3 Å². The van der Waals surface area contributed by atoms with Crippen molar-refractivity contribution in [1.82, 2.24) is 0 Å². The molecular weight excluding hydrogens is 162 g/mol. The van der Waals surface area contributed by atoms with Crippen LogP contribution in [-0.2, 0) is 4.79 Å². The number of allylic oxidation sites excluding steroid dienone is 2. The molecular formula is C11H20NO+. The van der Waals surface area contributed by atoms with Crippen molar-refractivity contribution in [2.24, 2.45) is 17.3 Å². The van der Waals surface area contributed by atoms with Crippen LogP contribution in [0.2, 0.25) is 0 Å². The highest BCUT2D eigenvalue weighted by molar-refractivity contribution is 5.98. The number of hydrogen-bond donors (Lipinski definition) is 1. The van der Waals surface area contributed by atoms with E-state index >= 15 is 0 Å². The van der Waals surface area contributed by atoms with E-state index in [-0.39, 0.29) is 18.8 Å². The molecule has 2 heteroatoms. The quantitative estimate of drug-likeness (QED) is 0.604. The zero-order valence-electron chi connectivity index (χ0n) is 7.98. The van der Waals surface area contributed by atoms with Gasteiger partial charge in [-0.15, -0.1) is 0 Å². The van der Waals surface area contributed by atoms with Crippen molar-refractivity contribution in [3.63, 3.8) is 0 Å². The van der Waals surface area contributed by atoms with Gasteiger partial charge in [-0.05, 0) is 30.3 Å². The molecule has 0 radical (unpaired) electrons. The van der Waals surface area contributed by atoms with Gasteiger partial charge in [-0.2, -0.15) is 0 Å². The minimum atomic E-state index is 0. The maximum absolute atomic E-state index is 11.7. The van der Waals surface area contributed by atoms with Crippen molar-refractivity contribution < 1.29 is 10.5 Å². The topological polar surface area (TPSA) is 44.7 Å². The monoisotopic (exact) mass is 182 g/mol. The summed E-state index contributed by atoms with van der Waals surface area (Å²) < 4.78 is 0. The molecule has 1 fully saturated rings. The van der Waals surface area contributed by atoms with Crippen molar-refractivity contribution >= 4 is 5.78 Å². The number of carbonyl (C=O) groups excluding carboxylic acids is 1. The predicted octanol–water partition coefficient (Wildman–Crippen LogP) is 1.38. The van der Waals surface area contributed by atoms with E-state index in [1.807, 2.05) is 0 Å². The summed E-state index contributed by atoms with van der Waals surface area (Å²) in [6, 6.07) is 0. The molecule has 3 aliphatic carbocycles. The number of hydrogen-bond acceptors (Lipinski definition) is 1. The fourth-order valence-corrected chi connectivity index (χ4v) is 2.72. The number of carbonyl (C=O) groups is 1. The largest absolute Gasteiger partial charge is 0.322 e. The Bertz CT molecular complexity index is 288. The van der Waals surface area contributed by atoms with Gasteiger partial charge in [0.1, 0.15) is 0 Å². The molecule has 1 unspecified atom stereocenters. The molecule has 2 bridgehead atoms. The van der Waals surface area contributed by atoms with Crippen LogP contribution in [-0.4, -0.2) is 5.78 Å². The molecule has 13 heavy (non-hydrogen) atoms. The van der Waals surface area contributed by atoms with Crippen LogP contribution in [0, 0.1) is 17.3 Å². The molecule has 0 saturated heterocycles.